The molecule has 1 rings (SSSR count). The maximum atomic E-state index is 12.6. The van der Waals surface area contributed by atoms with E-state index in [2.05, 4.69) is 20.7 Å². The number of anilines is 2. The smallest absolute Gasteiger partial charge is 0.385 e. The van der Waals surface area contributed by atoms with Crippen LogP contribution in [0.5, 0.6) is 0 Å². The summed E-state index contributed by atoms with van der Waals surface area (Å²) in [7, 11) is 1.55. The van der Waals surface area contributed by atoms with Crippen LogP contribution in [0.25, 0.3) is 0 Å². The Kier molecular flexibility index (Phi) is 5.31. The Morgan fingerprint density at radius 3 is 2.53 bits per heavy atom. The van der Waals surface area contributed by atoms with E-state index in [0.717, 1.165) is 0 Å². The zero-order valence-corrected chi connectivity index (χ0v) is 10.6. The summed E-state index contributed by atoms with van der Waals surface area (Å²) in [5.74, 6) is 3.79. The van der Waals surface area contributed by atoms with Gasteiger partial charge < -0.3 is 15.5 Å². The largest absolute Gasteiger partial charge is 0.451 e. The molecule has 0 fully saturated rings. The van der Waals surface area contributed by atoms with E-state index in [1.807, 2.05) is 6.92 Å². The topological polar surface area (TPSA) is 85.1 Å². The number of ether oxygens (including phenoxy) is 1. The van der Waals surface area contributed by atoms with Crippen molar-refractivity contribution in [3.63, 3.8) is 0 Å². The highest BCUT2D eigenvalue weighted by Gasteiger charge is 2.35. The molecule has 19 heavy (non-hydrogen) atoms. The molecule has 1 heterocycles. The summed E-state index contributed by atoms with van der Waals surface area (Å²) in [5, 5.41) is 2.84. The monoisotopic (exact) mass is 279 g/mol. The van der Waals surface area contributed by atoms with Gasteiger partial charge in [0, 0.05) is 25.8 Å². The summed E-state index contributed by atoms with van der Waals surface area (Å²) in [6.07, 6.45) is -3.99. The minimum atomic E-state index is -4.63. The molecule has 0 aromatic carbocycles. The Balaban J connectivity index is 2.88. The number of hydrogen-bond donors (Lipinski definition) is 3. The molecule has 0 saturated heterocycles. The normalized spacial score (nSPS) is 13.2. The molecule has 1 atom stereocenters. The molecule has 0 aliphatic heterocycles. The number of halogens is 3. The third kappa shape index (κ3) is 4.87. The number of hydrazine groups is 1. The molecule has 0 spiro atoms. The molecule has 108 valence electrons. The minimum Gasteiger partial charge on any atom is -0.385 e. The van der Waals surface area contributed by atoms with E-state index < -0.39 is 12.0 Å². The second kappa shape index (κ2) is 6.53. The van der Waals surface area contributed by atoms with E-state index in [1.54, 1.807) is 7.11 Å². The molecule has 0 aliphatic rings. The van der Waals surface area contributed by atoms with Crippen LogP contribution in [0.4, 0.5) is 24.8 Å². The van der Waals surface area contributed by atoms with Crippen LogP contribution in [0, 0.1) is 0 Å². The van der Waals surface area contributed by atoms with Crippen molar-refractivity contribution in [2.45, 2.75) is 25.6 Å². The number of nitrogens with one attached hydrogen (secondary N) is 2. The number of hydrogen-bond acceptors (Lipinski definition) is 6. The van der Waals surface area contributed by atoms with Crippen LogP contribution < -0.4 is 16.6 Å². The highest BCUT2D eigenvalue weighted by molar-refractivity contribution is 5.47. The Morgan fingerprint density at radius 2 is 2.00 bits per heavy atom. The number of nitrogens with zero attached hydrogens (tertiary/aromatic N) is 2. The Hall–Kier alpha value is -1.61. The summed E-state index contributed by atoms with van der Waals surface area (Å²) in [6, 6.07) is 1.21. The van der Waals surface area contributed by atoms with Gasteiger partial charge in [0.1, 0.15) is 11.6 Å². The molecule has 0 amide bonds. The Labute approximate surface area is 108 Å². The lowest BCUT2D eigenvalue weighted by Gasteiger charge is -2.16. The van der Waals surface area contributed by atoms with Crippen molar-refractivity contribution in [1.29, 1.82) is 0 Å². The minimum absolute atomic E-state index is 0.0545. The zero-order valence-electron chi connectivity index (χ0n) is 10.6. The molecular weight excluding hydrogens is 263 g/mol. The van der Waals surface area contributed by atoms with Crippen molar-refractivity contribution >= 4 is 11.6 Å². The van der Waals surface area contributed by atoms with Gasteiger partial charge in [0.15, 0.2) is 0 Å². The number of alkyl halides is 3. The average molecular weight is 279 g/mol. The van der Waals surface area contributed by atoms with Crippen LogP contribution in [0.3, 0.4) is 0 Å². The van der Waals surface area contributed by atoms with Crippen LogP contribution in [-0.2, 0) is 10.9 Å². The van der Waals surface area contributed by atoms with Gasteiger partial charge in [-0.15, -0.1) is 0 Å². The molecule has 0 radical (unpaired) electrons. The van der Waals surface area contributed by atoms with E-state index in [4.69, 9.17) is 10.6 Å². The third-order valence-corrected chi connectivity index (χ3v) is 2.28. The maximum absolute atomic E-state index is 12.6. The summed E-state index contributed by atoms with van der Waals surface area (Å²) in [6.45, 7) is 2.30. The first-order valence-electron chi connectivity index (χ1n) is 5.55. The molecule has 0 bridgehead atoms. The lowest BCUT2D eigenvalue weighted by atomic mass is 10.2. The van der Waals surface area contributed by atoms with E-state index in [9.17, 15) is 13.2 Å². The number of aromatic nitrogens is 2. The first-order chi connectivity index (χ1) is 8.86. The van der Waals surface area contributed by atoms with E-state index in [0.29, 0.717) is 13.0 Å². The molecule has 6 nitrogen and oxygen atoms in total. The second-order valence-corrected chi connectivity index (χ2v) is 3.93. The predicted octanol–water partition coefficient (Wildman–Crippen LogP) is 1.62. The fourth-order valence-corrected chi connectivity index (χ4v) is 1.34. The number of methoxy groups -OCH3 is 1. The zero-order chi connectivity index (χ0) is 14.5. The van der Waals surface area contributed by atoms with Crippen molar-refractivity contribution in [2.75, 3.05) is 24.5 Å². The summed E-state index contributed by atoms with van der Waals surface area (Å²) < 4.78 is 42.6. The SMILES string of the molecule is COCCC(C)Nc1cc(NN)nc(C(F)(F)F)n1. The lowest BCUT2D eigenvalue weighted by molar-refractivity contribution is -0.144. The number of nitrogen functional groups attached to an aromatic ring is 1. The Morgan fingerprint density at radius 1 is 1.37 bits per heavy atom. The summed E-state index contributed by atoms with van der Waals surface area (Å²) in [5.41, 5.74) is 2.08. The van der Waals surface area contributed by atoms with E-state index in [-0.39, 0.29) is 17.7 Å². The van der Waals surface area contributed by atoms with Crippen LogP contribution in [0.1, 0.15) is 19.2 Å². The lowest BCUT2D eigenvalue weighted by Crippen LogP contribution is -2.21. The predicted molar refractivity (Wildman–Crippen MR) is 64.4 cm³/mol. The average Bonchev–Trinajstić information content (AvgIpc) is 2.34. The molecule has 0 aliphatic carbocycles. The Bertz CT molecular complexity index is 413. The van der Waals surface area contributed by atoms with Crippen molar-refractivity contribution in [3.05, 3.63) is 11.9 Å². The van der Waals surface area contributed by atoms with E-state index >= 15 is 0 Å². The summed E-state index contributed by atoms with van der Waals surface area (Å²) >= 11 is 0. The van der Waals surface area contributed by atoms with Gasteiger partial charge in [-0.1, -0.05) is 0 Å². The molecule has 1 aromatic heterocycles. The highest BCUT2D eigenvalue weighted by Crippen LogP contribution is 2.28. The standard InChI is InChI=1S/C10H16F3N5O/c1-6(3-4-19-2)15-7-5-8(18-14)17-9(16-7)10(11,12)13/h5-6H,3-4,14H2,1-2H3,(H2,15,16,17,18). The molecule has 1 unspecified atom stereocenters. The van der Waals surface area contributed by atoms with Gasteiger partial charge in [-0.3, -0.25) is 0 Å². The molecule has 0 saturated carbocycles. The van der Waals surface area contributed by atoms with Crippen molar-refractivity contribution in [1.82, 2.24) is 9.97 Å². The van der Waals surface area contributed by atoms with Crippen LogP contribution in [0.15, 0.2) is 6.07 Å². The van der Waals surface area contributed by atoms with E-state index in [1.165, 1.54) is 6.07 Å². The summed E-state index contributed by atoms with van der Waals surface area (Å²) in [4.78, 5) is 6.67. The number of nitrogens with two attached hydrogens (primary N) is 1. The van der Waals surface area contributed by atoms with Gasteiger partial charge >= 0.3 is 6.18 Å². The molecular formula is C10H16F3N5O. The van der Waals surface area contributed by atoms with Crippen molar-refractivity contribution < 1.29 is 17.9 Å². The van der Waals surface area contributed by atoms with Crippen LogP contribution >= 0.6 is 0 Å². The first kappa shape index (κ1) is 15.4. The maximum Gasteiger partial charge on any atom is 0.451 e. The van der Waals surface area contributed by atoms with Crippen LogP contribution in [0.2, 0.25) is 0 Å². The van der Waals surface area contributed by atoms with Gasteiger partial charge in [0.25, 0.3) is 0 Å². The van der Waals surface area contributed by atoms with Gasteiger partial charge in [0.2, 0.25) is 5.82 Å². The quantitative estimate of drug-likeness (QED) is 0.542. The molecule has 9 heteroatoms. The van der Waals surface area contributed by atoms with Gasteiger partial charge in [0.05, 0.1) is 0 Å². The van der Waals surface area contributed by atoms with Crippen molar-refractivity contribution in [3.8, 4) is 0 Å². The van der Waals surface area contributed by atoms with Crippen LogP contribution in [-0.4, -0.2) is 29.7 Å². The fraction of sp³-hybridized carbons (Fsp3) is 0.600. The third-order valence-electron chi connectivity index (χ3n) is 2.28. The van der Waals surface area contributed by atoms with Crippen molar-refractivity contribution in [2.24, 2.45) is 5.84 Å². The van der Waals surface area contributed by atoms with Gasteiger partial charge in [-0.2, -0.15) is 13.2 Å². The first-order valence-corrected chi connectivity index (χ1v) is 5.55. The second-order valence-electron chi connectivity index (χ2n) is 3.93. The molecule has 4 N–H and O–H groups in total. The number of rotatable bonds is 6. The fourth-order valence-electron chi connectivity index (χ4n) is 1.34. The van der Waals surface area contributed by atoms with Gasteiger partial charge in [-0.05, 0) is 13.3 Å². The molecule has 1 aromatic rings. The van der Waals surface area contributed by atoms with Gasteiger partial charge in [-0.25, -0.2) is 15.8 Å². The highest BCUT2D eigenvalue weighted by atomic mass is 19.4.